The average molecular weight is 196 g/mol. The van der Waals surface area contributed by atoms with Gasteiger partial charge in [-0.1, -0.05) is 13.0 Å². The van der Waals surface area contributed by atoms with Gasteiger partial charge in [0.25, 0.3) is 0 Å². The van der Waals surface area contributed by atoms with E-state index in [2.05, 4.69) is 11.9 Å². The fourth-order valence-electron chi connectivity index (χ4n) is 1.12. The Morgan fingerprint density at radius 1 is 1.54 bits per heavy atom. The van der Waals surface area contributed by atoms with Crippen molar-refractivity contribution in [3.63, 3.8) is 0 Å². The Bertz CT molecular complexity index is 226. The maximum absolute atomic E-state index is 5.52. The lowest BCUT2D eigenvalue weighted by atomic mass is 10.2. The van der Waals surface area contributed by atoms with E-state index in [-0.39, 0.29) is 0 Å². The smallest absolute Gasteiger partial charge is 0.0962 e. The molecule has 0 fully saturated rings. The summed E-state index contributed by atoms with van der Waals surface area (Å²) in [6.07, 6.45) is 4.05. The Labute approximate surface area is 83.9 Å². The van der Waals surface area contributed by atoms with E-state index >= 15 is 0 Å². The fourth-order valence-corrected chi connectivity index (χ4v) is 2.16. The van der Waals surface area contributed by atoms with Crippen LogP contribution in [0.5, 0.6) is 0 Å². The van der Waals surface area contributed by atoms with Crippen LogP contribution in [0.3, 0.4) is 0 Å². The molecule has 0 saturated carbocycles. The third-order valence-corrected chi connectivity index (χ3v) is 3.25. The molecule has 2 N–H and O–H groups in total. The summed E-state index contributed by atoms with van der Waals surface area (Å²) in [4.78, 5) is 4.27. The van der Waals surface area contributed by atoms with Crippen LogP contribution in [-0.2, 0) is 0 Å². The maximum atomic E-state index is 5.52. The predicted octanol–water partition coefficient (Wildman–Crippen LogP) is 2.30. The first-order valence-electron chi connectivity index (χ1n) is 4.64. The first-order chi connectivity index (χ1) is 6.36. The fraction of sp³-hybridized carbons (Fsp3) is 0.500. The Kier molecular flexibility index (Phi) is 4.86. The molecule has 0 bridgehead atoms. The van der Waals surface area contributed by atoms with Crippen LogP contribution in [0, 0.1) is 0 Å². The minimum atomic E-state index is 0.611. The number of pyridine rings is 1. The molecule has 3 heteroatoms. The summed E-state index contributed by atoms with van der Waals surface area (Å²) in [5.74, 6) is 0. The molecule has 0 radical (unpaired) electrons. The summed E-state index contributed by atoms with van der Waals surface area (Å²) in [5, 5.41) is 1.71. The Morgan fingerprint density at radius 3 is 2.92 bits per heavy atom. The van der Waals surface area contributed by atoms with Gasteiger partial charge in [-0.2, -0.15) is 0 Å². The average Bonchev–Trinajstić information content (AvgIpc) is 2.19. The minimum absolute atomic E-state index is 0.611. The molecule has 0 aromatic carbocycles. The molecular weight excluding hydrogens is 180 g/mol. The molecule has 2 nitrogen and oxygen atoms in total. The molecule has 13 heavy (non-hydrogen) atoms. The highest BCUT2D eigenvalue weighted by atomic mass is 32.2. The molecule has 0 spiro atoms. The molecule has 0 aliphatic rings. The van der Waals surface area contributed by atoms with Gasteiger partial charge < -0.3 is 5.73 Å². The number of rotatable bonds is 5. The van der Waals surface area contributed by atoms with Gasteiger partial charge in [0.05, 0.1) is 5.03 Å². The van der Waals surface area contributed by atoms with Crippen molar-refractivity contribution in [2.24, 2.45) is 5.73 Å². The molecule has 1 aromatic rings. The van der Waals surface area contributed by atoms with Crippen LogP contribution in [0.15, 0.2) is 29.4 Å². The molecule has 72 valence electrons. The van der Waals surface area contributed by atoms with Gasteiger partial charge in [0, 0.05) is 11.4 Å². The van der Waals surface area contributed by atoms with E-state index in [1.54, 1.807) is 0 Å². The molecule has 0 aliphatic carbocycles. The van der Waals surface area contributed by atoms with E-state index < -0.39 is 0 Å². The van der Waals surface area contributed by atoms with Crippen molar-refractivity contribution in [2.45, 2.75) is 30.0 Å². The van der Waals surface area contributed by atoms with Crippen LogP contribution in [-0.4, -0.2) is 16.8 Å². The van der Waals surface area contributed by atoms with E-state index in [0.717, 1.165) is 24.4 Å². The zero-order valence-corrected chi connectivity index (χ0v) is 8.76. The lowest BCUT2D eigenvalue weighted by molar-refractivity contribution is 0.744. The standard InChI is InChI=1S/C10H16N2S/c1-2-9(6-7-11)13-10-5-3-4-8-12-10/h3-5,8-9H,2,6-7,11H2,1H3. The second kappa shape index (κ2) is 6.00. The van der Waals surface area contributed by atoms with Crippen molar-refractivity contribution in [1.82, 2.24) is 4.98 Å². The highest BCUT2D eigenvalue weighted by molar-refractivity contribution is 7.99. The molecular formula is C10H16N2S. The summed E-state index contributed by atoms with van der Waals surface area (Å²) in [6, 6.07) is 6.00. The predicted molar refractivity (Wildman–Crippen MR) is 57.8 cm³/mol. The Morgan fingerprint density at radius 2 is 2.38 bits per heavy atom. The van der Waals surface area contributed by atoms with Gasteiger partial charge in [-0.3, -0.25) is 0 Å². The van der Waals surface area contributed by atoms with Crippen LogP contribution in [0.1, 0.15) is 19.8 Å². The number of nitrogens with zero attached hydrogens (tertiary/aromatic N) is 1. The van der Waals surface area contributed by atoms with E-state index in [0.29, 0.717) is 5.25 Å². The molecule has 1 atom stereocenters. The third kappa shape index (κ3) is 3.79. The van der Waals surface area contributed by atoms with E-state index in [1.807, 2.05) is 36.2 Å². The molecule has 0 aliphatic heterocycles. The second-order valence-corrected chi connectivity index (χ2v) is 4.21. The van der Waals surface area contributed by atoms with E-state index in [4.69, 9.17) is 5.73 Å². The topological polar surface area (TPSA) is 38.9 Å². The van der Waals surface area contributed by atoms with Crippen molar-refractivity contribution >= 4 is 11.8 Å². The molecule has 0 amide bonds. The lowest BCUT2D eigenvalue weighted by Crippen LogP contribution is -2.09. The highest BCUT2D eigenvalue weighted by Gasteiger charge is 2.06. The van der Waals surface area contributed by atoms with Crippen LogP contribution in [0.2, 0.25) is 0 Å². The van der Waals surface area contributed by atoms with Gasteiger partial charge in [0.15, 0.2) is 0 Å². The third-order valence-electron chi connectivity index (χ3n) is 1.87. The quantitative estimate of drug-likeness (QED) is 0.734. The van der Waals surface area contributed by atoms with E-state index in [1.165, 1.54) is 0 Å². The summed E-state index contributed by atoms with van der Waals surface area (Å²) < 4.78 is 0. The van der Waals surface area contributed by atoms with Crippen molar-refractivity contribution in [2.75, 3.05) is 6.54 Å². The molecule has 0 saturated heterocycles. The van der Waals surface area contributed by atoms with Gasteiger partial charge in [0.2, 0.25) is 0 Å². The molecule has 1 rings (SSSR count). The number of aromatic nitrogens is 1. The van der Waals surface area contributed by atoms with Gasteiger partial charge in [-0.25, -0.2) is 4.98 Å². The minimum Gasteiger partial charge on any atom is -0.330 e. The van der Waals surface area contributed by atoms with Crippen LogP contribution in [0.25, 0.3) is 0 Å². The summed E-state index contributed by atoms with van der Waals surface area (Å²) in [7, 11) is 0. The number of thioether (sulfide) groups is 1. The SMILES string of the molecule is CCC(CCN)Sc1ccccn1. The first kappa shape index (κ1) is 10.5. The molecule has 1 aromatic heterocycles. The van der Waals surface area contributed by atoms with Gasteiger partial charge in [-0.05, 0) is 31.5 Å². The normalized spacial score (nSPS) is 12.8. The van der Waals surface area contributed by atoms with Crippen molar-refractivity contribution in [3.05, 3.63) is 24.4 Å². The zero-order chi connectivity index (χ0) is 9.52. The van der Waals surface area contributed by atoms with Crippen LogP contribution in [0.4, 0.5) is 0 Å². The van der Waals surface area contributed by atoms with E-state index in [9.17, 15) is 0 Å². The number of hydrogen-bond acceptors (Lipinski definition) is 3. The monoisotopic (exact) mass is 196 g/mol. The summed E-state index contributed by atoms with van der Waals surface area (Å²) in [6.45, 7) is 2.95. The number of nitrogens with two attached hydrogens (primary N) is 1. The summed E-state index contributed by atoms with van der Waals surface area (Å²) in [5.41, 5.74) is 5.52. The van der Waals surface area contributed by atoms with Crippen molar-refractivity contribution in [1.29, 1.82) is 0 Å². The van der Waals surface area contributed by atoms with Crippen molar-refractivity contribution in [3.8, 4) is 0 Å². The van der Waals surface area contributed by atoms with Crippen LogP contribution < -0.4 is 5.73 Å². The lowest BCUT2D eigenvalue weighted by Gasteiger charge is -2.11. The highest BCUT2D eigenvalue weighted by Crippen LogP contribution is 2.24. The first-order valence-corrected chi connectivity index (χ1v) is 5.52. The second-order valence-electron chi connectivity index (χ2n) is 2.89. The van der Waals surface area contributed by atoms with Crippen molar-refractivity contribution < 1.29 is 0 Å². The zero-order valence-electron chi connectivity index (χ0n) is 7.94. The van der Waals surface area contributed by atoms with Crippen LogP contribution >= 0.6 is 11.8 Å². The van der Waals surface area contributed by atoms with Gasteiger partial charge in [0.1, 0.15) is 0 Å². The molecule has 1 heterocycles. The number of hydrogen-bond donors (Lipinski definition) is 1. The Hall–Kier alpha value is -0.540. The largest absolute Gasteiger partial charge is 0.330 e. The summed E-state index contributed by atoms with van der Waals surface area (Å²) >= 11 is 1.82. The van der Waals surface area contributed by atoms with Gasteiger partial charge >= 0.3 is 0 Å². The molecule has 1 unspecified atom stereocenters. The Balaban J connectivity index is 2.46. The maximum Gasteiger partial charge on any atom is 0.0962 e. The van der Waals surface area contributed by atoms with Gasteiger partial charge in [-0.15, -0.1) is 11.8 Å².